The lowest BCUT2D eigenvalue weighted by Crippen LogP contribution is -2.29. The number of methoxy groups -OCH3 is 1. The summed E-state index contributed by atoms with van der Waals surface area (Å²) in [4.78, 5) is 16.0. The van der Waals surface area contributed by atoms with Gasteiger partial charge in [0.15, 0.2) is 11.5 Å². The first-order chi connectivity index (χ1) is 10.6. The summed E-state index contributed by atoms with van der Waals surface area (Å²) in [6, 6.07) is 3.65. The summed E-state index contributed by atoms with van der Waals surface area (Å²) in [5.41, 5.74) is 1.99. The zero-order chi connectivity index (χ0) is 15.7. The monoisotopic (exact) mass is 302 g/mol. The Bertz CT molecular complexity index is 711. The number of anilines is 1. The van der Waals surface area contributed by atoms with Crippen LogP contribution < -0.4 is 14.8 Å². The van der Waals surface area contributed by atoms with E-state index in [0.717, 1.165) is 11.1 Å². The molecule has 22 heavy (non-hydrogen) atoms. The molecule has 1 unspecified atom stereocenters. The highest BCUT2D eigenvalue weighted by Gasteiger charge is 2.29. The van der Waals surface area contributed by atoms with Crippen molar-refractivity contribution < 1.29 is 14.3 Å². The van der Waals surface area contributed by atoms with Gasteiger partial charge in [-0.1, -0.05) is 0 Å². The Kier molecular flexibility index (Phi) is 3.70. The number of aryl methyl sites for hydroxylation is 1. The summed E-state index contributed by atoms with van der Waals surface area (Å²) in [6.07, 6.45) is 1.76. The maximum Gasteiger partial charge on any atom is 0.229 e. The number of nitrogens with zero attached hydrogens (tertiary/aromatic N) is 3. The van der Waals surface area contributed by atoms with Gasteiger partial charge in [0.25, 0.3) is 0 Å². The number of hydrogen-bond acceptors (Lipinski definition) is 5. The number of aromatic nitrogens is 3. The second-order valence-corrected chi connectivity index (χ2v) is 5.09. The Balaban J connectivity index is 2.09. The highest BCUT2D eigenvalue weighted by atomic mass is 16.5. The minimum absolute atomic E-state index is 0.0707. The van der Waals surface area contributed by atoms with Crippen molar-refractivity contribution in [3.05, 3.63) is 29.6 Å². The molecule has 0 radical (unpaired) electrons. The number of benzene rings is 1. The molecule has 2 aromatic rings. The highest BCUT2D eigenvalue weighted by molar-refractivity contribution is 5.91. The number of carbonyl (C=O) groups is 1. The van der Waals surface area contributed by atoms with Crippen molar-refractivity contribution in [2.24, 2.45) is 0 Å². The molecule has 0 fully saturated rings. The quantitative estimate of drug-likeness (QED) is 0.933. The summed E-state index contributed by atoms with van der Waals surface area (Å²) in [5, 5.41) is 6.94. The van der Waals surface area contributed by atoms with Crippen molar-refractivity contribution in [2.45, 2.75) is 26.3 Å². The molecule has 3 rings (SSSR count). The first-order valence-electron chi connectivity index (χ1n) is 7.14. The van der Waals surface area contributed by atoms with Crippen LogP contribution >= 0.6 is 0 Å². The fourth-order valence-electron chi connectivity index (χ4n) is 2.71. The molecule has 1 atom stereocenters. The normalized spacial score (nSPS) is 16.9. The van der Waals surface area contributed by atoms with Gasteiger partial charge in [0, 0.05) is 0 Å². The second kappa shape index (κ2) is 5.67. The van der Waals surface area contributed by atoms with Crippen molar-refractivity contribution in [1.82, 2.24) is 14.8 Å². The summed E-state index contributed by atoms with van der Waals surface area (Å²) in [7, 11) is 1.61. The molecule has 2 heterocycles. The van der Waals surface area contributed by atoms with E-state index in [2.05, 4.69) is 15.4 Å². The van der Waals surface area contributed by atoms with Gasteiger partial charge >= 0.3 is 0 Å². The molecule has 1 aromatic heterocycles. The van der Waals surface area contributed by atoms with Crippen LogP contribution in [-0.4, -0.2) is 34.4 Å². The molecule has 7 nitrogen and oxygen atoms in total. The number of amides is 1. The van der Waals surface area contributed by atoms with E-state index in [0.29, 0.717) is 30.5 Å². The molecular formula is C15H18N4O3. The first-order valence-corrected chi connectivity index (χ1v) is 7.14. The van der Waals surface area contributed by atoms with Gasteiger partial charge in [-0.15, -0.1) is 0 Å². The molecule has 1 N–H and O–H groups in total. The van der Waals surface area contributed by atoms with Gasteiger partial charge in [-0.05, 0) is 37.1 Å². The van der Waals surface area contributed by atoms with Gasteiger partial charge in [-0.25, -0.2) is 4.68 Å². The minimum atomic E-state index is -0.198. The Morgan fingerprint density at radius 2 is 2.23 bits per heavy atom. The van der Waals surface area contributed by atoms with E-state index in [1.165, 1.54) is 6.33 Å². The van der Waals surface area contributed by atoms with Crippen molar-refractivity contribution in [2.75, 3.05) is 19.0 Å². The molecule has 1 aromatic carbocycles. The van der Waals surface area contributed by atoms with Crippen molar-refractivity contribution in [3.63, 3.8) is 0 Å². The zero-order valence-corrected chi connectivity index (χ0v) is 12.8. The fraction of sp³-hybridized carbons (Fsp3) is 0.400. The van der Waals surface area contributed by atoms with E-state index < -0.39 is 0 Å². The molecule has 0 saturated heterocycles. The largest absolute Gasteiger partial charge is 0.493 e. The number of ether oxygens (including phenoxy) is 2. The number of rotatable bonds is 4. The number of hydrogen-bond donors (Lipinski definition) is 1. The van der Waals surface area contributed by atoms with E-state index in [-0.39, 0.29) is 11.9 Å². The lowest BCUT2D eigenvalue weighted by molar-refractivity contribution is -0.117. The Hall–Kier alpha value is -2.57. The summed E-state index contributed by atoms with van der Waals surface area (Å²) >= 11 is 0. The summed E-state index contributed by atoms with van der Waals surface area (Å²) in [5.74, 6) is 1.74. The van der Waals surface area contributed by atoms with Crippen molar-refractivity contribution in [3.8, 4) is 11.5 Å². The average Bonchev–Trinajstić information content (AvgIpc) is 2.96. The molecular weight excluding hydrogens is 284 g/mol. The summed E-state index contributed by atoms with van der Waals surface area (Å²) < 4.78 is 12.7. The van der Waals surface area contributed by atoms with Gasteiger partial charge in [-0.2, -0.15) is 10.1 Å². The Morgan fingerprint density at radius 3 is 2.95 bits per heavy atom. The number of nitrogens with one attached hydrogen (secondary N) is 1. The third-order valence-corrected chi connectivity index (χ3v) is 3.71. The van der Waals surface area contributed by atoms with E-state index in [1.807, 2.05) is 26.0 Å². The average molecular weight is 302 g/mol. The number of fused-ring (bicyclic) bond motifs is 1. The SMILES string of the molecule is CCOc1cc(C2CC(=O)Nc3ncnn32)c(C)cc1OC. The molecule has 1 aliphatic rings. The first kappa shape index (κ1) is 14.4. The topological polar surface area (TPSA) is 78.3 Å². The molecule has 0 aliphatic carbocycles. The van der Waals surface area contributed by atoms with Crippen molar-refractivity contribution in [1.29, 1.82) is 0 Å². The lowest BCUT2D eigenvalue weighted by Gasteiger charge is -2.26. The molecule has 0 saturated carbocycles. The summed E-state index contributed by atoms with van der Waals surface area (Å²) in [6.45, 7) is 4.44. The highest BCUT2D eigenvalue weighted by Crippen LogP contribution is 2.37. The Morgan fingerprint density at radius 1 is 1.41 bits per heavy atom. The Labute approximate surface area is 128 Å². The zero-order valence-electron chi connectivity index (χ0n) is 12.8. The van der Waals surface area contributed by atoms with Gasteiger partial charge in [0.05, 0.1) is 26.2 Å². The smallest absolute Gasteiger partial charge is 0.229 e. The van der Waals surface area contributed by atoms with Crippen LogP contribution in [0.2, 0.25) is 0 Å². The lowest BCUT2D eigenvalue weighted by atomic mass is 9.97. The second-order valence-electron chi connectivity index (χ2n) is 5.09. The van der Waals surface area contributed by atoms with Crippen LogP contribution in [0.5, 0.6) is 11.5 Å². The van der Waals surface area contributed by atoms with Gasteiger partial charge in [-0.3, -0.25) is 10.1 Å². The van der Waals surface area contributed by atoms with E-state index in [4.69, 9.17) is 9.47 Å². The van der Waals surface area contributed by atoms with Crippen LogP contribution in [0.15, 0.2) is 18.5 Å². The van der Waals surface area contributed by atoms with Crippen LogP contribution in [0.3, 0.4) is 0 Å². The van der Waals surface area contributed by atoms with E-state index in [1.54, 1.807) is 11.8 Å². The van der Waals surface area contributed by atoms with Gasteiger partial charge in [0.1, 0.15) is 6.33 Å². The molecule has 116 valence electrons. The van der Waals surface area contributed by atoms with Gasteiger partial charge in [0.2, 0.25) is 11.9 Å². The molecule has 7 heteroatoms. The third kappa shape index (κ3) is 2.38. The van der Waals surface area contributed by atoms with E-state index in [9.17, 15) is 4.79 Å². The number of carbonyl (C=O) groups excluding carboxylic acids is 1. The standard InChI is InChI=1S/C15H18N4O3/c1-4-22-13-6-10(9(2)5-12(13)21-3)11-7-14(20)18-15-16-8-17-19(11)15/h5-6,8,11H,4,7H2,1-3H3,(H,16,17,18,20). The van der Waals surface area contributed by atoms with Gasteiger partial charge < -0.3 is 9.47 Å². The van der Waals surface area contributed by atoms with Crippen LogP contribution in [-0.2, 0) is 4.79 Å². The van der Waals surface area contributed by atoms with Crippen molar-refractivity contribution >= 4 is 11.9 Å². The van der Waals surface area contributed by atoms with Crippen LogP contribution in [0.4, 0.5) is 5.95 Å². The molecule has 1 aliphatic heterocycles. The molecule has 0 spiro atoms. The maximum atomic E-state index is 11.9. The van der Waals surface area contributed by atoms with Crippen LogP contribution in [0, 0.1) is 6.92 Å². The predicted octanol–water partition coefficient (Wildman–Crippen LogP) is 1.93. The van der Waals surface area contributed by atoms with Crippen LogP contribution in [0.1, 0.15) is 30.5 Å². The predicted molar refractivity (Wildman–Crippen MR) is 80.3 cm³/mol. The van der Waals surface area contributed by atoms with E-state index >= 15 is 0 Å². The minimum Gasteiger partial charge on any atom is -0.493 e. The molecule has 0 bridgehead atoms. The fourth-order valence-corrected chi connectivity index (χ4v) is 2.71. The maximum absolute atomic E-state index is 11.9. The molecule has 1 amide bonds. The van der Waals surface area contributed by atoms with Crippen LogP contribution in [0.25, 0.3) is 0 Å². The third-order valence-electron chi connectivity index (χ3n) is 3.71.